The molecule has 2 rings (SSSR count). The summed E-state index contributed by atoms with van der Waals surface area (Å²) in [6.45, 7) is 2.02. The van der Waals surface area contributed by atoms with Crippen LogP contribution in [0.3, 0.4) is 0 Å². The van der Waals surface area contributed by atoms with Crippen molar-refractivity contribution in [3.8, 4) is 17.0 Å². The summed E-state index contributed by atoms with van der Waals surface area (Å²) in [7, 11) is 0. The Morgan fingerprint density at radius 2 is 2.21 bits per heavy atom. The number of benzene rings is 1. The van der Waals surface area contributed by atoms with Crippen LogP contribution in [0, 0.1) is 0 Å². The van der Waals surface area contributed by atoms with E-state index in [0.717, 1.165) is 23.2 Å². The van der Waals surface area contributed by atoms with Crippen LogP contribution in [0.5, 0.6) is 5.75 Å². The standard InChI is InChI=1S/C11H12N2O/c1-2-8-7-9(3-4-11(8)14)10-5-6-12-13-10/h3-7,14H,2H2,1H3,(H,12,13). The molecule has 0 saturated heterocycles. The van der Waals surface area contributed by atoms with E-state index in [1.54, 1.807) is 12.3 Å². The van der Waals surface area contributed by atoms with Crippen molar-refractivity contribution >= 4 is 0 Å². The van der Waals surface area contributed by atoms with Crippen LogP contribution in [0.1, 0.15) is 12.5 Å². The van der Waals surface area contributed by atoms with Crippen LogP contribution >= 0.6 is 0 Å². The first-order chi connectivity index (χ1) is 6.81. The maximum absolute atomic E-state index is 9.51. The van der Waals surface area contributed by atoms with Gasteiger partial charge in [0.1, 0.15) is 5.75 Å². The van der Waals surface area contributed by atoms with Gasteiger partial charge in [0, 0.05) is 11.8 Å². The molecular weight excluding hydrogens is 176 g/mol. The number of hydrogen-bond donors (Lipinski definition) is 2. The molecule has 0 spiro atoms. The first-order valence-electron chi connectivity index (χ1n) is 4.63. The smallest absolute Gasteiger partial charge is 0.118 e. The summed E-state index contributed by atoms with van der Waals surface area (Å²) in [5, 5.41) is 16.3. The minimum atomic E-state index is 0.357. The Morgan fingerprint density at radius 3 is 2.86 bits per heavy atom. The fourth-order valence-electron chi connectivity index (χ4n) is 1.45. The van der Waals surface area contributed by atoms with E-state index in [1.165, 1.54) is 0 Å². The lowest BCUT2D eigenvalue weighted by molar-refractivity contribution is 0.469. The number of nitrogens with zero attached hydrogens (tertiary/aromatic N) is 1. The van der Waals surface area contributed by atoms with Gasteiger partial charge in [-0.1, -0.05) is 6.92 Å². The van der Waals surface area contributed by atoms with Crippen molar-refractivity contribution in [1.29, 1.82) is 0 Å². The Labute approximate surface area is 82.4 Å². The lowest BCUT2D eigenvalue weighted by Crippen LogP contribution is -1.84. The molecule has 0 radical (unpaired) electrons. The van der Waals surface area contributed by atoms with Crippen molar-refractivity contribution in [2.45, 2.75) is 13.3 Å². The number of aromatic amines is 1. The summed E-state index contributed by atoms with van der Waals surface area (Å²) >= 11 is 0. The molecular formula is C11H12N2O. The maximum Gasteiger partial charge on any atom is 0.118 e. The van der Waals surface area contributed by atoms with Crippen LogP contribution in [-0.4, -0.2) is 15.3 Å². The van der Waals surface area contributed by atoms with Gasteiger partial charge in [-0.3, -0.25) is 5.10 Å². The Bertz CT molecular complexity index is 421. The van der Waals surface area contributed by atoms with Crippen molar-refractivity contribution in [2.75, 3.05) is 0 Å². The summed E-state index contributed by atoms with van der Waals surface area (Å²) in [6.07, 6.45) is 2.54. The second kappa shape index (κ2) is 3.54. The summed E-state index contributed by atoms with van der Waals surface area (Å²) in [4.78, 5) is 0. The van der Waals surface area contributed by atoms with Crippen molar-refractivity contribution in [3.63, 3.8) is 0 Å². The Balaban J connectivity index is 2.46. The highest BCUT2D eigenvalue weighted by Gasteiger charge is 2.03. The Morgan fingerprint density at radius 1 is 1.36 bits per heavy atom. The third-order valence-electron chi connectivity index (χ3n) is 2.27. The third-order valence-corrected chi connectivity index (χ3v) is 2.27. The molecule has 0 saturated carbocycles. The van der Waals surface area contributed by atoms with E-state index in [4.69, 9.17) is 0 Å². The fourth-order valence-corrected chi connectivity index (χ4v) is 1.45. The molecule has 72 valence electrons. The predicted molar refractivity (Wildman–Crippen MR) is 55.1 cm³/mol. The molecule has 0 aliphatic heterocycles. The molecule has 1 aromatic heterocycles. The largest absolute Gasteiger partial charge is 0.508 e. The minimum absolute atomic E-state index is 0.357. The van der Waals surface area contributed by atoms with Crippen molar-refractivity contribution in [2.24, 2.45) is 0 Å². The quantitative estimate of drug-likeness (QED) is 0.760. The fraction of sp³-hybridized carbons (Fsp3) is 0.182. The number of phenolic OH excluding ortho intramolecular Hbond substituents is 1. The van der Waals surface area contributed by atoms with E-state index >= 15 is 0 Å². The van der Waals surface area contributed by atoms with Gasteiger partial charge in [0.2, 0.25) is 0 Å². The van der Waals surface area contributed by atoms with Crippen LogP contribution in [0.4, 0.5) is 0 Å². The zero-order chi connectivity index (χ0) is 9.97. The molecule has 1 heterocycles. The monoisotopic (exact) mass is 188 g/mol. The summed E-state index contributed by atoms with van der Waals surface area (Å²) < 4.78 is 0. The molecule has 0 amide bonds. The normalized spacial score (nSPS) is 10.4. The zero-order valence-electron chi connectivity index (χ0n) is 7.99. The van der Waals surface area contributed by atoms with Gasteiger partial charge in [-0.2, -0.15) is 5.10 Å². The molecule has 0 aliphatic carbocycles. The second-order valence-electron chi connectivity index (χ2n) is 3.17. The van der Waals surface area contributed by atoms with Gasteiger partial charge in [-0.25, -0.2) is 0 Å². The number of aromatic hydroxyl groups is 1. The van der Waals surface area contributed by atoms with Crippen LogP contribution in [0.25, 0.3) is 11.3 Å². The van der Waals surface area contributed by atoms with Crippen LogP contribution in [-0.2, 0) is 6.42 Å². The van der Waals surface area contributed by atoms with Crippen LogP contribution in [0.2, 0.25) is 0 Å². The first-order valence-corrected chi connectivity index (χ1v) is 4.63. The van der Waals surface area contributed by atoms with Gasteiger partial charge in [0.25, 0.3) is 0 Å². The molecule has 0 fully saturated rings. The van der Waals surface area contributed by atoms with E-state index in [2.05, 4.69) is 10.2 Å². The minimum Gasteiger partial charge on any atom is -0.508 e. The van der Waals surface area contributed by atoms with Crippen molar-refractivity contribution in [3.05, 3.63) is 36.0 Å². The van der Waals surface area contributed by atoms with Crippen molar-refractivity contribution < 1.29 is 5.11 Å². The first kappa shape index (κ1) is 8.81. The van der Waals surface area contributed by atoms with E-state index in [-0.39, 0.29) is 0 Å². The predicted octanol–water partition coefficient (Wildman–Crippen LogP) is 2.34. The molecule has 0 atom stereocenters. The molecule has 1 aromatic carbocycles. The Kier molecular flexibility index (Phi) is 2.23. The van der Waals surface area contributed by atoms with E-state index in [9.17, 15) is 5.11 Å². The van der Waals surface area contributed by atoms with Gasteiger partial charge in [-0.15, -0.1) is 0 Å². The highest BCUT2D eigenvalue weighted by molar-refractivity contribution is 5.61. The zero-order valence-corrected chi connectivity index (χ0v) is 7.99. The molecule has 0 aliphatic rings. The third kappa shape index (κ3) is 1.48. The molecule has 3 heteroatoms. The average molecular weight is 188 g/mol. The van der Waals surface area contributed by atoms with Gasteiger partial charge >= 0.3 is 0 Å². The molecule has 2 N–H and O–H groups in total. The summed E-state index contributed by atoms with van der Waals surface area (Å²) in [5.41, 5.74) is 2.98. The molecule has 0 unspecified atom stereocenters. The number of aromatic nitrogens is 2. The number of phenols is 1. The van der Waals surface area contributed by atoms with Crippen molar-refractivity contribution in [1.82, 2.24) is 10.2 Å². The van der Waals surface area contributed by atoms with Gasteiger partial charge < -0.3 is 5.11 Å². The maximum atomic E-state index is 9.51. The van der Waals surface area contributed by atoms with E-state index in [0.29, 0.717) is 5.75 Å². The van der Waals surface area contributed by atoms with Crippen LogP contribution < -0.4 is 0 Å². The lowest BCUT2D eigenvalue weighted by atomic mass is 10.1. The Hall–Kier alpha value is -1.77. The molecule has 3 nitrogen and oxygen atoms in total. The van der Waals surface area contributed by atoms with Gasteiger partial charge in [-0.05, 0) is 36.2 Å². The topological polar surface area (TPSA) is 48.9 Å². The summed E-state index contributed by atoms with van der Waals surface area (Å²) in [6, 6.07) is 7.48. The van der Waals surface area contributed by atoms with E-state index in [1.807, 2.05) is 25.1 Å². The highest BCUT2D eigenvalue weighted by Crippen LogP contribution is 2.24. The van der Waals surface area contributed by atoms with Crippen LogP contribution in [0.15, 0.2) is 30.5 Å². The molecule has 14 heavy (non-hydrogen) atoms. The lowest BCUT2D eigenvalue weighted by Gasteiger charge is -2.03. The van der Waals surface area contributed by atoms with Gasteiger partial charge in [0.05, 0.1) is 5.69 Å². The number of rotatable bonds is 2. The second-order valence-corrected chi connectivity index (χ2v) is 3.17. The SMILES string of the molecule is CCc1cc(-c2ccn[nH]2)ccc1O. The number of aryl methyl sites for hydroxylation is 1. The highest BCUT2D eigenvalue weighted by atomic mass is 16.3. The van der Waals surface area contributed by atoms with Gasteiger partial charge in [0.15, 0.2) is 0 Å². The molecule has 2 aromatic rings. The summed E-state index contributed by atoms with van der Waals surface area (Å²) in [5.74, 6) is 0.357. The number of hydrogen-bond acceptors (Lipinski definition) is 2. The number of H-pyrrole nitrogens is 1. The van der Waals surface area contributed by atoms with E-state index < -0.39 is 0 Å². The number of nitrogens with one attached hydrogen (secondary N) is 1. The molecule has 0 bridgehead atoms. The average Bonchev–Trinajstić information content (AvgIpc) is 2.71.